The van der Waals surface area contributed by atoms with Crippen LogP contribution in [0.25, 0.3) is 0 Å². The van der Waals surface area contributed by atoms with Crippen LogP contribution in [0.2, 0.25) is 0 Å². The van der Waals surface area contributed by atoms with Gasteiger partial charge in [-0.15, -0.1) is 0 Å². The standard InChI is InChI=1S/C19H27N7.C2HF3O2/c1-26(12-14-7-9-20-10-14)19-24-13-23-18(25-19)22-11-15-4-2-6-17-16(15)5-3-8-21-17;3-2(4,5)1(6)7/h2,4,6,13-14,20-21H,3,5,7-12H2,1H3,(H,22,23,24,25);(H,6,7). The van der Waals surface area contributed by atoms with Gasteiger partial charge < -0.3 is 26.0 Å². The molecular formula is C21H28F3N7O2. The lowest BCUT2D eigenvalue weighted by Crippen LogP contribution is -2.28. The van der Waals surface area contributed by atoms with Crippen molar-refractivity contribution >= 4 is 23.6 Å². The molecule has 33 heavy (non-hydrogen) atoms. The van der Waals surface area contributed by atoms with Gasteiger partial charge in [0.25, 0.3) is 0 Å². The predicted octanol–water partition coefficient (Wildman–Crippen LogP) is 2.52. The topological polar surface area (TPSA) is 115 Å². The highest BCUT2D eigenvalue weighted by Gasteiger charge is 2.38. The van der Waals surface area contributed by atoms with Crippen LogP contribution in [0, 0.1) is 5.92 Å². The lowest BCUT2D eigenvalue weighted by molar-refractivity contribution is -0.192. The Balaban J connectivity index is 0.000000383. The van der Waals surface area contributed by atoms with Crippen LogP contribution in [-0.4, -0.2) is 65.4 Å². The molecule has 2 aliphatic heterocycles. The third-order valence-corrected chi connectivity index (χ3v) is 5.47. The summed E-state index contributed by atoms with van der Waals surface area (Å²) in [7, 11) is 2.05. The molecule has 1 atom stereocenters. The van der Waals surface area contributed by atoms with Crippen LogP contribution < -0.4 is 20.9 Å². The average Bonchev–Trinajstić information content (AvgIpc) is 3.30. The minimum Gasteiger partial charge on any atom is -0.475 e. The van der Waals surface area contributed by atoms with Crippen molar-refractivity contribution in [3.63, 3.8) is 0 Å². The molecule has 3 heterocycles. The number of hydrogen-bond acceptors (Lipinski definition) is 8. The number of aliphatic carboxylic acids is 1. The molecule has 0 saturated carbocycles. The van der Waals surface area contributed by atoms with E-state index in [0.29, 0.717) is 11.9 Å². The van der Waals surface area contributed by atoms with Gasteiger partial charge in [0.05, 0.1) is 0 Å². The summed E-state index contributed by atoms with van der Waals surface area (Å²) in [6, 6.07) is 6.45. The fourth-order valence-electron chi connectivity index (χ4n) is 3.82. The maximum Gasteiger partial charge on any atom is 0.490 e. The summed E-state index contributed by atoms with van der Waals surface area (Å²) < 4.78 is 31.7. The van der Waals surface area contributed by atoms with E-state index >= 15 is 0 Å². The highest BCUT2D eigenvalue weighted by atomic mass is 19.4. The average molecular weight is 467 g/mol. The molecule has 1 fully saturated rings. The van der Waals surface area contributed by atoms with Gasteiger partial charge in [-0.1, -0.05) is 12.1 Å². The van der Waals surface area contributed by atoms with Crippen molar-refractivity contribution in [1.82, 2.24) is 20.3 Å². The molecule has 1 aromatic carbocycles. The second kappa shape index (κ2) is 11.1. The van der Waals surface area contributed by atoms with Crippen LogP contribution >= 0.6 is 0 Å². The number of carboxylic acids is 1. The molecule has 4 rings (SSSR count). The number of rotatable bonds is 6. The van der Waals surface area contributed by atoms with Gasteiger partial charge in [-0.05, 0) is 55.5 Å². The summed E-state index contributed by atoms with van der Waals surface area (Å²) in [5, 5.41) is 17.4. The first-order valence-electron chi connectivity index (χ1n) is 10.7. The zero-order valence-electron chi connectivity index (χ0n) is 18.3. The van der Waals surface area contributed by atoms with Crippen molar-refractivity contribution in [3.05, 3.63) is 35.7 Å². The lowest BCUT2D eigenvalue weighted by atomic mass is 9.97. The normalized spacial score (nSPS) is 17.3. The fourth-order valence-corrected chi connectivity index (χ4v) is 3.82. The quantitative estimate of drug-likeness (QED) is 0.509. The first-order chi connectivity index (χ1) is 15.7. The summed E-state index contributed by atoms with van der Waals surface area (Å²) >= 11 is 0. The summed E-state index contributed by atoms with van der Waals surface area (Å²) in [6.45, 7) is 4.94. The Bertz CT molecular complexity index is 936. The van der Waals surface area contributed by atoms with Gasteiger partial charge in [0.15, 0.2) is 0 Å². The predicted molar refractivity (Wildman–Crippen MR) is 118 cm³/mol. The number of halogens is 3. The van der Waals surface area contributed by atoms with Gasteiger partial charge in [-0.25, -0.2) is 14.8 Å². The van der Waals surface area contributed by atoms with Gasteiger partial charge in [-0.2, -0.15) is 18.2 Å². The van der Waals surface area contributed by atoms with Crippen molar-refractivity contribution in [2.75, 3.05) is 48.8 Å². The molecule has 0 radical (unpaired) electrons. The largest absolute Gasteiger partial charge is 0.490 e. The minimum absolute atomic E-state index is 0.632. The van der Waals surface area contributed by atoms with Crippen LogP contribution in [0.5, 0.6) is 0 Å². The van der Waals surface area contributed by atoms with Crippen LogP contribution in [0.4, 0.5) is 30.8 Å². The van der Waals surface area contributed by atoms with Gasteiger partial charge >= 0.3 is 12.1 Å². The number of anilines is 3. The lowest BCUT2D eigenvalue weighted by Gasteiger charge is -2.22. The van der Waals surface area contributed by atoms with Crippen molar-refractivity contribution in [2.24, 2.45) is 5.92 Å². The summed E-state index contributed by atoms with van der Waals surface area (Å²) in [5.74, 6) is -0.733. The first-order valence-corrected chi connectivity index (χ1v) is 10.7. The molecule has 12 heteroatoms. The van der Waals surface area contributed by atoms with Gasteiger partial charge in [0, 0.05) is 32.4 Å². The van der Waals surface area contributed by atoms with Gasteiger partial charge in [-0.3, -0.25) is 0 Å². The Morgan fingerprint density at radius 2 is 2.09 bits per heavy atom. The first kappa shape index (κ1) is 24.5. The molecule has 1 unspecified atom stereocenters. The molecule has 4 N–H and O–H groups in total. The number of hydrogen-bond donors (Lipinski definition) is 4. The van der Waals surface area contributed by atoms with Crippen molar-refractivity contribution in [2.45, 2.75) is 32.0 Å². The third kappa shape index (κ3) is 7.17. The van der Waals surface area contributed by atoms with Crippen LogP contribution in [0.1, 0.15) is 24.0 Å². The number of alkyl halides is 3. The van der Waals surface area contributed by atoms with E-state index in [-0.39, 0.29) is 0 Å². The Morgan fingerprint density at radius 3 is 2.79 bits per heavy atom. The number of carboxylic acid groups (broad SMARTS) is 1. The van der Waals surface area contributed by atoms with Crippen LogP contribution in [-0.2, 0) is 17.8 Å². The van der Waals surface area contributed by atoms with E-state index in [9.17, 15) is 13.2 Å². The number of nitrogens with one attached hydrogen (secondary N) is 3. The van der Waals surface area contributed by atoms with E-state index in [1.165, 1.54) is 29.7 Å². The number of aromatic nitrogens is 3. The van der Waals surface area contributed by atoms with Crippen molar-refractivity contribution in [1.29, 1.82) is 0 Å². The summed E-state index contributed by atoms with van der Waals surface area (Å²) in [5.41, 5.74) is 3.98. The van der Waals surface area contributed by atoms with E-state index in [0.717, 1.165) is 45.1 Å². The monoisotopic (exact) mass is 467 g/mol. The molecule has 2 aromatic rings. The SMILES string of the molecule is CN(CC1CCNC1)c1ncnc(NCc2cccc3c2CCCN3)n1.O=C(O)C(F)(F)F. The smallest absolute Gasteiger partial charge is 0.475 e. The molecule has 0 aliphatic carbocycles. The molecule has 1 aromatic heterocycles. The molecular weight excluding hydrogens is 439 g/mol. The Hall–Kier alpha value is -3.15. The second-order valence-electron chi connectivity index (χ2n) is 7.98. The van der Waals surface area contributed by atoms with Crippen LogP contribution in [0.3, 0.4) is 0 Å². The zero-order valence-corrected chi connectivity index (χ0v) is 18.3. The van der Waals surface area contributed by atoms with E-state index in [4.69, 9.17) is 9.90 Å². The Kier molecular flexibility index (Phi) is 8.26. The molecule has 1 saturated heterocycles. The fraction of sp³-hybridized carbons (Fsp3) is 0.524. The Labute approximate surface area is 189 Å². The number of benzene rings is 1. The second-order valence-corrected chi connectivity index (χ2v) is 7.98. The van der Waals surface area contributed by atoms with Crippen molar-refractivity contribution < 1.29 is 23.1 Å². The highest BCUT2D eigenvalue weighted by Crippen LogP contribution is 2.25. The zero-order chi connectivity index (χ0) is 23.8. The van der Waals surface area contributed by atoms with E-state index in [1.54, 1.807) is 6.33 Å². The van der Waals surface area contributed by atoms with Gasteiger partial charge in [0.2, 0.25) is 11.9 Å². The van der Waals surface area contributed by atoms with E-state index in [1.807, 2.05) is 0 Å². The number of fused-ring (bicyclic) bond motifs is 1. The van der Waals surface area contributed by atoms with Crippen molar-refractivity contribution in [3.8, 4) is 0 Å². The Morgan fingerprint density at radius 1 is 1.30 bits per heavy atom. The molecule has 180 valence electrons. The molecule has 9 nitrogen and oxygen atoms in total. The maximum absolute atomic E-state index is 10.6. The number of carbonyl (C=O) groups is 1. The molecule has 2 aliphatic rings. The number of nitrogens with zero attached hydrogens (tertiary/aromatic N) is 4. The maximum atomic E-state index is 10.6. The van der Waals surface area contributed by atoms with E-state index < -0.39 is 12.1 Å². The van der Waals surface area contributed by atoms with E-state index in [2.05, 4.69) is 61.0 Å². The summed E-state index contributed by atoms with van der Waals surface area (Å²) in [6.07, 6.45) is 0.0330. The summed E-state index contributed by atoms with van der Waals surface area (Å²) in [4.78, 5) is 24.3. The molecule has 0 amide bonds. The minimum atomic E-state index is -5.08. The molecule has 0 spiro atoms. The highest BCUT2D eigenvalue weighted by molar-refractivity contribution is 5.73. The molecule has 0 bridgehead atoms. The van der Waals surface area contributed by atoms with Gasteiger partial charge in [0.1, 0.15) is 6.33 Å². The third-order valence-electron chi connectivity index (χ3n) is 5.47. The van der Waals surface area contributed by atoms with Crippen LogP contribution in [0.15, 0.2) is 24.5 Å².